The first-order valence-corrected chi connectivity index (χ1v) is 6.14. The maximum absolute atomic E-state index is 5.43. The zero-order valence-electron chi connectivity index (χ0n) is 10.7. The minimum absolute atomic E-state index is 0.499. The van der Waals surface area contributed by atoms with Gasteiger partial charge < -0.3 is 4.74 Å². The zero-order chi connectivity index (χ0) is 11.0. The minimum Gasteiger partial charge on any atom is -0.381 e. The van der Waals surface area contributed by atoms with Crippen molar-refractivity contribution in [2.45, 2.75) is 65.9 Å². The van der Waals surface area contributed by atoms with E-state index < -0.39 is 0 Å². The van der Waals surface area contributed by atoms with Crippen LogP contribution in [0.4, 0.5) is 0 Å². The molecule has 0 saturated carbocycles. The molecule has 1 heteroatoms. The van der Waals surface area contributed by atoms with E-state index >= 15 is 0 Å². The van der Waals surface area contributed by atoms with E-state index in [1.807, 2.05) is 7.11 Å². The van der Waals surface area contributed by atoms with Gasteiger partial charge in [-0.2, -0.15) is 0 Å². The number of hydrogen-bond donors (Lipinski definition) is 0. The number of ether oxygens (including phenoxy) is 1. The average molecular weight is 200 g/mol. The van der Waals surface area contributed by atoms with Gasteiger partial charge in [0.05, 0.1) is 6.10 Å². The molecule has 2 unspecified atom stereocenters. The fraction of sp³-hybridized carbons (Fsp3) is 1.00. The van der Waals surface area contributed by atoms with Crippen molar-refractivity contribution in [1.29, 1.82) is 0 Å². The molecule has 0 spiro atoms. The van der Waals surface area contributed by atoms with E-state index in [9.17, 15) is 0 Å². The fourth-order valence-corrected chi connectivity index (χ4v) is 1.70. The molecule has 1 nitrogen and oxygen atoms in total. The highest BCUT2D eigenvalue weighted by Gasteiger charge is 2.09. The molecule has 0 saturated heterocycles. The molecule has 0 aromatic heterocycles. The lowest BCUT2D eigenvalue weighted by Gasteiger charge is -2.18. The van der Waals surface area contributed by atoms with E-state index in [2.05, 4.69) is 27.7 Å². The van der Waals surface area contributed by atoms with Crippen molar-refractivity contribution >= 4 is 0 Å². The summed E-state index contributed by atoms with van der Waals surface area (Å²) in [6.45, 7) is 9.20. The molecule has 86 valence electrons. The molecule has 0 heterocycles. The maximum atomic E-state index is 5.43. The minimum atomic E-state index is 0.499. The number of rotatable bonds is 8. The van der Waals surface area contributed by atoms with Gasteiger partial charge in [-0.15, -0.1) is 0 Å². The highest BCUT2D eigenvalue weighted by Crippen LogP contribution is 2.19. The van der Waals surface area contributed by atoms with Crippen LogP contribution in [0.2, 0.25) is 0 Å². The van der Waals surface area contributed by atoms with E-state index in [0.29, 0.717) is 6.10 Å². The van der Waals surface area contributed by atoms with Crippen LogP contribution in [0.5, 0.6) is 0 Å². The summed E-state index contributed by atoms with van der Waals surface area (Å²) in [6, 6.07) is 0. The average Bonchev–Trinajstić information content (AvgIpc) is 2.16. The third-order valence-corrected chi connectivity index (χ3v) is 3.27. The van der Waals surface area contributed by atoms with Crippen molar-refractivity contribution in [3.63, 3.8) is 0 Å². The Kier molecular flexibility index (Phi) is 8.26. The van der Waals surface area contributed by atoms with Gasteiger partial charge in [0.15, 0.2) is 0 Å². The standard InChI is InChI=1S/C13H28O/c1-6-8-13(14-5)10-7-9-12(4)11(2)3/h11-13H,6-10H2,1-5H3. The predicted octanol–water partition coefficient (Wildman–Crippen LogP) is 4.26. The van der Waals surface area contributed by atoms with Gasteiger partial charge in [-0.3, -0.25) is 0 Å². The van der Waals surface area contributed by atoms with Gasteiger partial charge in [-0.25, -0.2) is 0 Å². The Morgan fingerprint density at radius 2 is 1.64 bits per heavy atom. The summed E-state index contributed by atoms with van der Waals surface area (Å²) in [6.07, 6.45) is 6.85. The molecule has 0 N–H and O–H groups in total. The number of methoxy groups -OCH3 is 1. The lowest BCUT2D eigenvalue weighted by Crippen LogP contribution is -2.11. The summed E-state index contributed by atoms with van der Waals surface area (Å²) in [5.41, 5.74) is 0. The second-order valence-corrected chi connectivity index (χ2v) is 4.80. The zero-order valence-corrected chi connectivity index (χ0v) is 10.7. The Morgan fingerprint density at radius 3 is 2.07 bits per heavy atom. The molecule has 0 aromatic carbocycles. The van der Waals surface area contributed by atoms with Crippen LogP contribution in [-0.2, 0) is 4.74 Å². The topological polar surface area (TPSA) is 9.23 Å². The molecule has 0 aliphatic rings. The summed E-state index contributed by atoms with van der Waals surface area (Å²) in [4.78, 5) is 0. The molecule has 0 fully saturated rings. The molecule has 0 aliphatic heterocycles. The summed E-state index contributed by atoms with van der Waals surface area (Å²) in [5, 5.41) is 0. The van der Waals surface area contributed by atoms with Crippen LogP contribution in [-0.4, -0.2) is 13.2 Å². The summed E-state index contributed by atoms with van der Waals surface area (Å²) in [7, 11) is 1.84. The molecule has 0 aromatic rings. The van der Waals surface area contributed by atoms with Gasteiger partial charge >= 0.3 is 0 Å². The maximum Gasteiger partial charge on any atom is 0.0571 e. The van der Waals surface area contributed by atoms with E-state index in [4.69, 9.17) is 4.74 Å². The third kappa shape index (κ3) is 6.42. The van der Waals surface area contributed by atoms with Crippen molar-refractivity contribution in [3.05, 3.63) is 0 Å². The first kappa shape index (κ1) is 14.0. The highest BCUT2D eigenvalue weighted by molar-refractivity contribution is 4.61. The largest absolute Gasteiger partial charge is 0.381 e. The second-order valence-electron chi connectivity index (χ2n) is 4.80. The van der Waals surface area contributed by atoms with E-state index in [1.54, 1.807) is 0 Å². The van der Waals surface area contributed by atoms with Crippen molar-refractivity contribution in [1.82, 2.24) is 0 Å². The van der Waals surface area contributed by atoms with Crippen molar-refractivity contribution < 1.29 is 4.74 Å². The smallest absolute Gasteiger partial charge is 0.0571 e. The molecule has 0 bridgehead atoms. The van der Waals surface area contributed by atoms with Crippen LogP contribution in [0.3, 0.4) is 0 Å². The van der Waals surface area contributed by atoms with Gasteiger partial charge in [0, 0.05) is 7.11 Å². The van der Waals surface area contributed by atoms with E-state index in [1.165, 1.54) is 32.1 Å². The second kappa shape index (κ2) is 8.28. The molecule has 0 radical (unpaired) electrons. The molecule has 0 rings (SSSR count). The van der Waals surface area contributed by atoms with Crippen LogP contribution in [0, 0.1) is 11.8 Å². The monoisotopic (exact) mass is 200 g/mol. The van der Waals surface area contributed by atoms with Crippen molar-refractivity contribution in [3.8, 4) is 0 Å². The Morgan fingerprint density at radius 1 is 1.00 bits per heavy atom. The molecule has 0 aliphatic carbocycles. The van der Waals surface area contributed by atoms with Crippen LogP contribution in [0.15, 0.2) is 0 Å². The molecule has 2 atom stereocenters. The number of hydrogen-bond acceptors (Lipinski definition) is 1. The van der Waals surface area contributed by atoms with Gasteiger partial charge in [0.25, 0.3) is 0 Å². The van der Waals surface area contributed by atoms with Crippen molar-refractivity contribution in [2.75, 3.05) is 7.11 Å². The molecular formula is C13H28O. The first-order valence-electron chi connectivity index (χ1n) is 6.14. The Bertz CT molecular complexity index is 120. The quantitative estimate of drug-likeness (QED) is 0.569. The van der Waals surface area contributed by atoms with Gasteiger partial charge in [-0.1, -0.05) is 47.0 Å². The van der Waals surface area contributed by atoms with Crippen LogP contribution in [0.1, 0.15) is 59.8 Å². The van der Waals surface area contributed by atoms with Crippen LogP contribution in [0.25, 0.3) is 0 Å². The Labute approximate surface area is 90.2 Å². The lowest BCUT2D eigenvalue weighted by atomic mass is 9.92. The Hall–Kier alpha value is -0.0400. The predicted molar refractivity (Wildman–Crippen MR) is 63.6 cm³/mol. The first-order chi connectivity index (χ1) is 6.61. The normalized spacial score (nSPS) is 15.9. The summed E-state index contributed by atoms with van der Waals surface area (Å²) in [5.74, 6) is 1.68. The third-order valence-electron chi connectivity index (χ3n) is 3.27. The molecule has 14 heavy (non-hydrogen) atoms. The van der Waals surface area contributed by atoms with E-state index in [0.717, 1.165) is 11.8 Å². The molecular weight excluding hydrogens is 172 g/mol. The fourth-order valence-electron chi connectivity index (χ4n) is 1.70. The van der Waals surface area contributed by atoms with Crippen LogP contribution < -0.4 is 0 Å². The SMILES string of the molecule is CCCC(CCCC(C)C(C)C)OC. The van der Waals surface area contributed by atoms with E-state index in [-0.39, 0.29) is 0 Å². The van der Waals surface area contributed by atoms with Gasteiger partial charge in [0.1, 0.15) is 0 Å². The Balaban J connectivity index is 3.50. The summed E-state index contributed by atoms with van der Waals surface area (Å²) < 4.78 is 5.43. The summed E-state index contributed by atoms with van der Waals surface area (Å²) >= 11 is 0. The van der Waals surface area contributed by atoms with Gasteiger partial charge in [0.2, 0.25) is 0 Å². The molecule has 0 amide bonds. The highest BCUT2D eigenvalue weighted by atomic mass is 16.5. The van der Waals surface area contributed by atoms with Crippen molar-refractivity contribution in [2.24, 2.45) is 11.8 Å². The lowest BCUT2D eigenvalue weighted by molar-refractivity contribution is 0.0835. The van der Waals surface area contributed by atoms with Crippen LogP contribution >= 0.6 is 0 Å². The van der Waals surface area contributed by atoms with Gasteiger partial charge in [-0.05, 0) is 24.7 Å².